The van der Waals surface area contributed by atoms with Crippen molar-refractivity contribution in [1.82, 2.24) is 9.88 Å². The van der Waals surface area contributed by atoms with Crippen LogP contribution in [0.25, 0.3) is 10.2 Å². The van der Waals surface area contributed by atoms with Crippen molar-refractivity contribution >= 4 is 33.1 Å². The van der Waals surface area contributed by atoms with Gasteiger partial charge in [0.25, 0.3) is 5.91 Å². The molecule has 0 spiro atoms. The summed E-state index contributed by atoms with van der Waals surface area (Å²) in [5.74, 6) is -0.0792. The zero-order chi connectivity index (χ0) is 15.8. The molecule has 0 aliphatic carbocycles. The third kappa shape index (κ3) is 2.85. The van der Waals surface area contributed by atoms with Crippen LogP contribution in [0.4, 0.5) is 5.69 Å². The summed E-state index contributed by atoms with van der Waals surface area (Å²) < 4.78 is 1.03. The maximum Gasteiger partial charge on any atom is 0.255 e. The molecule has 1 aliphatic rings. The van der Waals surface area contributed by atoms with Gasteiger partial charge in [0.05, 0.1) is 15.7 Å². The van der Waals surface area contributed by atoms with E-state index in [1.54, 1.807) is 16.8 Å². The van der Waals surface area contributed by atoms with Crippen LogP contribution < -0.4 is 5.32 Å². The Morgan fingerprint density at radius 2 is 2.13 bits per heavy atom. The number of nitrogens with zero attached hydrogens (tertiary/aromatic N) is 2. The summed E-state index contributed by atoms with van der Waals surface area (Å²) in [5, 5.41) is 3.01. The number of carbonyl (C=O) groups is 1. The molecule has 1 N–H and O–H groups in total. The summed E-state index contributed by atoms with van der Waals surface area (Å²) in [6, 6.07) is 11.8. The third-order valence-corrected chi connectivity index (χ3v) is 5.05. The van der Waals surface area contributed by atoms with E-state index in [1.807, 2.05) is 24.3 Å². The van der Waals surface area contributed by atoms with E-state index in [0.717, 1.165) is 35.4 Å². The van der Waals surface area contributed by atoms with Crippen LogP contribution in [0.2, 0.25) is 0 Å². The van der Waals surface area contributed by atoms with E-state index < -0.39 is 0 Å². The SMILES string of the molecule is CN1CCc2ccc(NC(=O)c3ccc4ncsc4c3)cc2C1. The highest BCUT2D eigenvalue weighted by molar-refractivity contribution is 7.16. The second-order valence-corrected chi connectivity index (χ2v) is 6.85. The zero-order valence-electron chi connectivity index (χ0n) is 12.9. The number of hydrogen-bond donors (Lipinski definition) is 1. The smallest absolute Gasteiger partial charge is 0.255 e. The van der Waals surface area contributed by atoms with Gasteiger partial charge in [0.2, 0.25) is 0 Å². The predicted molar refractivity (Wildman–Crippen MR) is 94.1 cm³/mol. The second kappa shape index (κ2) is 5.76. The van der Waals surface area contributed by atoms with Gasteiger partial charge in [-0.2, -0.15) is 0 Å². The predicted octanol–water partition coefficient (Wildman–Crippen LogP) is 3.54. The van der Waals surface area contributed by atoms with E-state index in [-0.39, 0.29) is 5.91 Å². The number of fused-ring (bicyclic) bond motifs is 2. The first-order valence-electron chi connectivity index (χ1n) is 7.64. The average Bonchev–Trinajstić information content (AvgIpc) is 3.02. The van der Waals surface area contributed by atoms with Gasteiger partial charge in [-0.1, -0.05) is 6.07 Å². The van der Waals surface area contributed by atoms with Crippen molar-refractivity contribution in [3.8, 4) is 0 Å². The summed E-state index contributed by atoms with van der Waals surface area (Å²) in [5.41, 5.74) is 6.93. The lowest BCUT2D eigenvalue weighted by Crippen LogP contribution is -2.26. The highest BCUT2D eigenvalue weighted by Crippen LogP contribution is 2.23. The first-order chi connectivity index (χ1) is 11.2. The van der Waals surface area contributed by atoms with Crippen LogP contribution in [0.15, 0.2) is 41.9 Å². The van der Waals surface area contributed by atoms with Crippen molar-refractivity contribution in [3.63, 3.8) is 0 Å². The van der Waals surface area contributed by atoms with Crippen LogP contribution in [0.1, 0.15) is 21.5 Å². The number of carbonyl (C=O) groups excluding carboxylic acids is 1. The number of aromatic nitrogens is 1. The highest BCUT2D eigenvalue weighted by atomic mass is 32.1. The van der Waals surface area contributed by atoms with E-state index in [1.165, 1.54) is 11.1 Å². The first kappa shape index (κ1) is 14.4. The number of rotatable bonds is 2. The number of hydrogen-bond acceptors (Lipinski definition) is 4. The van der Waals surface area contributed by atoms with Crippen LogP contribution in [0.5, 0.6) is 0 Å². The Bertz CT molecular complexity index is 887. The van der Waals surface area contributed by atoms with Gasteiger partial charge in [-0.15, -0.1) is 11.3 Å². The van der Waals surface area contributed by atoms with Crippen molar-refractivity contribution in [3.05, 3.63) is 58.6 Å². The summed E-state index contributed by atoms with van der Waals surface area (Å²) in [6.07, 6.45) is 1.07. The van der Waals surface area contributed by atoms with E-state index in [2.05, 4.69) is 34.4 Å². The molecule has 0 saturated heterocycles. The maximum absolute atomic E-state index is 12.5. The fourth-order valence-corrected chi connectivity index (χ4v) is 3.69. The number of benzene rings is 2. The van der Waals surface area contributed by atoms with Crippen LogP contribution in [0.3, 0.4) is 0 Å². The van der Waals surface area contributed by atoms with Crippen LogP contribution >= 0.6 is 11.3 Å². The Morgan fingerprint density at radius 1 is 1.22 bits per heavy atom. The molecule has 23 heavy (non-hydrogen) atoms. The lowest BCUT2D eigenvalue weighted by atomic mass is 9.99. The van der Waals surface area contributed by atoms with Gasteiger partial charge in [0.15, 0.2) is 0 Å². The van der Waals surface area contributed by atoms with Gasteiger partial charge >= 0.3 is 0 Å². The Hall–Kier alpha value is -2.24. The first-order valence-corrected chi connectivity index (χ1v) is 8.52. The monoisotopic (exact) mass is 323 g/mol. The molecule has 4 nitrogen and oxygen atoms in total. The molecule has 2 heterocycles. The molecule has 1 amide bonds. The Kier molecular flexibility index (Phi) is 3.59. The molecule has 1 aromatic heterocycles. The number of likely N-dealkylation sites (N-methyl/N-ethyl adjacent to an activating group) is 1. The fraction of sp³-hybridized carbons (Fsp3) is 0.222. The zero-order valence-corrected chi connectivity index (χ0v) is 13.7. The number of thiazole rings is 1. The average molecular weight is 323 g/mol. The molecule has 1 aliphatic heterocycles. The normalized spacial score (nSPS) is 14.7. The highest BCUT2D eigenvalue weighted by Gasteiger charge is 2.14. The Labute approximate surface area is 138 Å². The van der Waals surface area contributed by atoms with Gasteiger partial charge in [0, 0.05) is 24.3 Å². The minimum absolute atomic E-state index is 0.0792. The molecule has 4 rings (SSSR count). The van der Waals surface area contributed by atoms with Gasteiger partial charge in [-0.25, -0.2) is 4.98 Å². The van der Waals surface area contributed by atoms with Crippen molar-refractivity contribution in [2.75, 3.05) is 18.9 Å². The second-order valence-electron chi connectivity index (χ2n) is 5.96. The summed E-state index contributed by atoms with van der Waals surface area (Å²) >= 11 is 1.55. The van der Waals surface area contributed by atoms with Gasteiger partial charge in [-0.05, 0) is 54.9 Å². The van der Waals surface area contributed by atoms with E-state index in [9.17, 15) is 4.79 Å². The molecule has 0 fully saturated rings. The fourth-order valence-electron chi connectivity index (χ4n) is 2.98. The molecule has 0 unspecified atom stereocenters. The van der Waals surface area contributed by atoms with Crippen LogP contribution in [-0.2, 0) is 13.0 Å². The van der Waals surface area contributed by atoms with E-state index in [0.29, 0.717) is 5.56 Å². The molecule has 116 valence electrons. The summed E-state index contributed by atoms with van der Waals surface area (Å²) in [6.45, 7) is 2.03. The number of nitrogens with one attached hydrogen (secondary N) is 1. The molecule has 2 aromatic carbocycles. The largest absolute Gasteiger partial charge is 0.322 e. The molecule has 0 radical (unpaired) electrons. The minimum atomic E-state index is -0.0792. The molecular formula is C18H17N3OS. The summed E-state index contributed by atoms with van der Waals surface area (Å²) in [4.78, 5) is 19.0. The minimum Gasteiger partial charge on any atom is -0.322 e. The lowest BCUT2D eigenvalue weighted by Gasteiger charge is -2.25. The molecule has 0 saturated carbocycles. The van der Waals surface area contributed by atoms with E-state index >= 15 is 0 Å². The van der Waals surface area contributed by atoms with Crippen molar-refractivity contribution in [1.29, 1.82) is 0 Å². The van der Waals surface area contributed by atoms with Gasteiger partial charge in [0.1, 0.15) is 0 Å². The van der Waals surface area contributed by atoms with Crippen molar-refractivity contribution in [2.45, 2.75) is 13.0 Å². The molecule has 3 aromatic rings. The molecule has 0 bridgehead atoms. The van der Waals surface area contributed by atoms with Gasteiger partial charge < -0.3 is 10.2 Å². The molecule has 0 atom stereocenters. The van der Waals surface area contributed by atoms with Gasteiger partial charge in [-0.3, -0.25) is 4.79 Å². The number of amides is 1. The van der Waals surface area contributed by atoms with Crippen molar-refractivity contribution in [2.24, 2.45) is 0 Å². The number of anilines is 1. The Morgan fingerprint density at radius 3 is 3.04 bits per heavy atom. The van der Waals surface area contributed by atoms with Crippen molar-refractivity contribution < 1.29 is 4.79 Å². The molecular weight excluding hydrogens is 306 g/mol. The summed E-state index contributed by atoms with van der Waals surface area (Å²) in [7, 11) is 2.12. The molecule has 5 heteroatoms. The standard InChI is InChI=1S/C18H17N3OS/c1-21-7-6-12-2-4-15(8-14(12)10-21)20-18(22)13-3-5-16-17(9-13)23-11-19-16/h2-5,8-9,11H,6-7,10H2,1H3,(H,20,22). The van der Waals surface area contributed by atoms with Crippen LogP contribution in [0, 0.1) is 0 Å². The quantitative estimate of drug-likeness (QED) is 0.784. The topological polar surface area (TPSA) is 45.2 Å². The maximum atomic E-state index is 12.5. The Balaban J connectivity index is 1.57. The van der Waals surface area contributed by atoms with E-state index in [4.69, 9.17) is 0 Å². The van der Waals surface area contributed by atoms with Crippen LogP contribution in [-0.4, -0.2) is 29.4 Å². The lowest BCUT2D eigenvalue weighted by molar-refractivity contribution is 0.102. The third-order valence-electron chi connectivity index (χ3n) is 4.26.